The van der Waals surface area contributed by atoms with Gasteiger partial charge in [-0.15, -0.1) is 0 Å². The van der Waals surface area contributed by atoms with Crippen LogP contribution in [0.25, 0.3) is 6.08 Å². The van der Waals surface area contributed by atoms with Gasteiger partial charge in [-0.3, -0.25) is 14.6 Å². The summed E-state index contributed by atoms with van der Waals surface area (Å²) in [7, 11) is 0. The molecule has 0 fully saturated rings. The van der Waals surface area contributed by atoms with E-state index in [2.05, 4.69) is 15.6 Å². The van der Waals surface area contributed by atoms with Crippen LogP contribution >= 0.6 is 0 Å². The molecule has 0 bridgehead atoms. The molecular weight excluding hydrogens is 338 g/mol. The molecule has 5 heteroatoms. The van der Waals surface area contributed by atoms with Crippen molar-refractivity contribution in [1.82, 2.24) is 10.3 Å². The fourth-order valence-electron chi connectivity index (χ4n) is 2.41. The number of rotatable bonds is 6. The van der Waals surface area contributed by atoms with Crippen LogP contribution < -0.4 is 10.6 Å². The molecule has 0 aliphatic rings. The van der Waals surface area contributed by atoms with Crippen molar-refractivity contribution < 1.29 is 9.59 Å². The van der Waals surface area contributed by atoms with Gasteiger partial charge in [-0.1, -0.05) is 36.4 Å². The molecule has 1 aromatic heterocycles. The Hall–Kier alpha value is -3.73. The summed E-state index contributed by atoms with van der Waals surface area (Å²) in [4.78, 5) is 28.2. The number of anilines is 1. The molecule has 5 nitrogen and oxygen atoms in total. The number of pyridine rings is 1. The molecule has 27 heavy (non-hydrogen) atoms. The number of aromatic nitrogens is 1. The average Bonchev–Trinajstić information content (AvgIpc) is 2.72. The molecule has 0 saturated heterocycles. The van der Waals surface area contributed by atoms with Crippen molar-refractivity contribution in [3.05, 3.63) is 102 Å². The minimum atomic E-state index is -0.229. The van der Waals surface area contributed by atoms with E-state index in [0.717, 1.165) is 11.1 Å². The van der Waals surface area contributed by atoms with E-state index < -0.39 is 0 Å². The highest BCUT2D eigenvalue weighted by Crippen LogP contribution is 2.10. The van der Waals surface area contributed by atoms with Gasteiger partial charge in [0.2, 0.25) is 5.91 Å². The first-order chi connectivity index (χ1) is 13.2. The third-order valence-electron chi connectivity index (χ3n) is 3.82. The summed E-state index contributed by atoms with van der Waals surface area (Å²) in [5.41, 5.74) is 3.03. The smallest absolute Gasteiger partial charge is 0.251 e. The minimum absolute atomic E-state index is 0.180. The van der Waals surface area contributed by atoms with Gasteiger partial charge in [-0.2, -0.15) is 0 Å². The van der Waals surface area contributed by atoms with Gasteiger partial charge in [0.05, 0.1) is 0 Å². The Morgan fingerprint density at radius 1 is 0.926 bits per heavy atom. The highest BCUT2D eigenvalue weighted by atomic mass is 16.2. The Bertz CT molecular complexity index is 921. The average molecular weight is 357 g/mol. The fraction of sp³-hybridized carbons (Fsp3) is 0.0455. The molecule has 0 aliphatic carbocycles. The van der Waals surface area contributed by atoms with E-state index in [1.807, 2.05) is 42.5 Å². The van der Waals surface area contributed by atoms with E-state index in [4.69, 9.17) is 0 Å². The van der Waals surface area contributed by atoms with E-state index in [9.17, 15) is 9.59 Å². The maximum absolute atomic E-state index is 12.2. The third-order valence-corrected chi connectivity index (χ3v) is 3.82. The molecule has 0 unspecified atom stereocenters. The Balaban J connectivity index is 1.52. The van der Waals surface area contributed by atoms with Crippen LogP contribution in [-0.4, -0.2) is 16.8 Å². The van der Waals surface area contributed by atoms with Gasteiger partial charge in [-0.05, 0) is 47.5 Å². The molecule has 3 rings (SSSR count). The van der Waals surface area contributed by atoms with E-state index in [1.165, 1.54) is 6.08 Å². The minimum Gasteiger partial charge on any atom is -0.348 e. The highest BCUT2D eigenvalue weighted by molar-refractivity contribution is 6.02. The number of carbonyl (C=O) groups excluding carboxylic acids is 2. The molecule has 3 aromatic rings. The van der Waals surface area contributed by atoms with Crippen LogP contribution in [0, 0.1) is 0 Å². The molecule has 134 valence electrons. The molecule has 1 heterocycles. The zero-order valence-electron chi connectivity index (χ0n) is 14.6. The largest absolute Gasteiger partial charge is 0.348 e. The van der Waals surface area contributed by atoms with Crippen LogP contribution in [0.2, 0.25) is 0 Å². The number of amides is 2. The summed E-state index contributed by atoms with van der Waals surface area (Å²) in [6.45, 7) is 0.412. The lowest BCUT2D eigenvalue weighted by molar-refractivity contribution is -0.111. The Morgan fingerprint density at radius 3 is 2.41 bits per heavy atom. The van der Waals surface area contributed by atoms with Gasteiger partial charge < -0.3 is 10.6 Å². The number of nitrogens with one attached hydrogen (secondary N) is 2. The monoisotopic (exact) mass is 357 g/mol. The molecule has 0 radical (unpaired) electrons. The van der Waals surface area contributed by atoms with Crippen LogP contribution in [0.4, 0.5) is 5.69 Å². The normalized spacial score (nSPS) is 10.5. The molecule has 0 atom stereocenters. The van der Waals surface area contributed by atoms with Gasteiger partial charge in [-0.25, -0.2) is 0 Å². The number of carbonyl (C=O) groups is 2. The van der Waals surface area contributed by atoms with E-state index in [-0.39, 0.29) is 11.8 Å². The van der Waals surface area contributed by atoms with Crippen molar-refractivity contribution in [3.8, 4) is 0 Å². The summed E-state index contributed by atoms with van der Waals surface area (Å²) in [5, 5.41) is 5.61. The lowest BCUT2D eigenvalue weighted by Gasteiger charge is -2.07. The van der Waals surface area contributed by atoms with E-state index in [0.29, 0.717) is 17.8 Å². The van der Waals surface area contributed by atoms with Crippen molar-refractivity contribution in [2.75, 3.05) is 5.32 Å². The number of hydrogen-bond acceptors (Lipinski definition) is 3. The fourth-order valence-corrected chi connectivity index (χ4v) is 2.41. The van der Waals surface area contributed by atoms with E-state index in [1.54, 1.807) is 42.7 Å². The van der Waals surface area contributed by atoms with Crippen LogP contribution in [0.3, 0.4) is 0 Å². The van der Waals surface area contributed by atoms with Crippen LogP contribution in [-0.2, 0) is 11.3 Å². The molecule has 2 aromatic carbocycles. The van der Waals surface area contributed by atoms with E-state index >= 15 is 0 Å². The summed E-state index contributed by atoms with van der Waals surface area (Å²) in [5.74, 6) is -0.409. The summed E-state index contributed by atoms with van der Waals surface area (Å²) >= 11 is 0. The highest BCUT2D eigenvalue weighted by Gasteiger charge is 2.06. The van der Waals surface area contributed by atoms with Crippen molar-refractivity contribution in [2.24, 2.45) is 0 Å². The van der Waals surface area contributed by atoms with Crippen LogP contribution in [0.1, 0.15) is 21.5 Å². The van der Waals surface area contributed by atoms with Crippen LogP contribution in [0.15, 0.2) is 85.2 Å². The van der Waals surface area contributed by atoms with Crippen LogP contribution in [0.5, 0.6) is 0 Å². The number of benzene rings is 2. The van der Waals surface area contributed by atoms with Crippen molar-refractivity contribution in [1.29, 1.82) is 0 Å². The third kappa shape index (κ3) is 5.64. The molecule has 0 saturated carbocycles. The molecule has 0 spiro atoms. The Morgan fingerprint density at radius 2 is 1.70 bits per heavy atom. The molecular formula is C22H19N3O2. The lowest BCUT2D eigenvalue weighted by atomic mass is 10.2. The molecule has 2 N–H and O–H groups in total. The second-order valence-corrected chi connectivity index (χ2v) is 5.85. The number of nitrogens with zero attached hydrogens (tertiary/aromatic N) is 1. The van der Waals surface area contributed by atoms with Gasteiger partial charge in [0.15, 0.2) is 0 Å². The Kier molecular flexibility index (Phi) is 6.09. The number of hydrogen-bond donors (Lipinski definition) is 2. The Labute approximate surface area is 157 Å². The quantitative estimate of drug-likeness (QED) is 0.661. The first-order valence-corrected chi connectivity index (χ1v) is 8.52. The topological polar surface area (TPSA) is 71.1 Å². The first-order valence-electron chi connectivity index (χ1n) is 8.52. The zero-order chi connectivity index (χ0) is 18.9. The second kappa shape index (κ2) is 9.10. The summed E-state index contributed by atoms with van der Waals surface area (Å²) in [6, 6.07) is 20.1. The predicted molar refractivity (Wildman–Crippen MR) is 106 cm³/mol. The van der Waals surface area contributed by atoms with Gasteiger partial charge in [0, 0.05) is 36.3 Å². The second-order valence-electron chi connectivity index (χ2n) is 5.85. The van der Waals surface area contributed by atoms with Crippen molar-refractivity contribution >= 4 is 23.6 Å². The van der Waals surface area contributed by atoms with Gasteiger partial charge >= 0.3 is 0 Å². The SMILES string of the molecule is O=C(/C=C/c1ccccc1)Nc1ccc(C(=O)NCc2cccnc2)cc1. The lowest BCUT2D eigenvalue weighted by Crippen LogP contribution is -2.22. The van der Waals surface area contributed by atoms with Crippen molar-refractivity contribution in [3.63, 3.8) is 0 Å². The maximum atomic E-state index is 12.2. The summed E-state index contributed by atoms with van der Waals surface area (Å²) < 4.78 is 0. The van der Waals surface area contributed by atoms with Gasteiger partial charge in [0.1, 0.15) is 0 Å². The summed E-state index contributed by atoms with van der Waals surface area (Å²) in [6.07, 6.45) is 6.62. The predicted octanol–water partition coefficient (Wildman–Crippen LogP) is 3.66. The first kappa shape index (κ1) is 18.1. The maximum Gasteiger partial charge on any atom is 0.251 e. The standard InChI is InChI=1S/C22H19N3O2/c26-21(13-8-17-5-2-1-3-6-17)25-20-11-9-19(10-12-20)22(27)24-16-18-7-4-14-23-15-18/h1-15H,16H2,(H,24,27)(H,25,26)/b13-8+. The molecule has 0 aliphatic heterocycles. The van der Waals surface area contributed by atoms with Crippen molar-refractivity contribution in [2.45, 2.75) is 6.54 Å². The molecule has 2 amide bonds. The zero-order valence-corrected chi connectivity index (χ0v) is 14.6. The van der Waals surface area contributed by atoms with Gasteiger partial charge in [0.25, 0.3) is 5.91 Å².